The van der Waals surface area contributed by atoms with Crippen LogP contribution >= 0.6 is 23.4 Å². The van der Waals surface area contributed by atoms with Crippen molar-refractivity contribution >= 4 is 35.3 Å². The lowest BCUT2D eigenvalue weighted by atomic mass is 10.2. The minimum atomic E-state index is -0.359. The number of hydrogen-bond acceptors (Lipinski definition) is 6. The lowest BCUT2D eigenvalue weighted by Crippen LogP contribution is -2.35. The summed E-state index contributed by atoms with van der Waals surface area (Å²) in [5, 5.41) is 12.3. The van der Waals surface area contributed by atoms with Gasteiger partial charge >= 0.3 is 6.03 Å². The molecule has 10 heteroatoms. The third kappa shape index (κ3) is 3.71. The van der Waals surface area contributed by atoms with Crippen LogP contribution in [0.15, 0.2) is 53.9 Å². The highest BCUT2D eigenvalue weighted by Gasteiger charge is 2.27. The van der Waals surface area contributed by atoms with Gasteiger partial charge in [-0.15, -0.1) is 10.2 Å². The van der Waals surface area contributed by atoms with Crippen molar-refractivity contribution in [3.8, 4) is 17.1 Å². The predicted molar refractivity (Wildman–Crippen MR) is 105 cm³/mol. The van der Waals surface area contributed by atoms with E-state index in [4.69, 9.17) is 11.6 Å². The molecule has 0 saturated carbocycles. The zero-order valence-corrected chi connectivity index (χ0v) is 16.2. The summed E-state index contributed by atoms with van der Waals surface area (Å²) in [5.41, 5.74) is 1.66. The van der Waals surface area contributed by atoms with Crippen LogP contribution in [-0.2, 0) is 4.79 Å². The Bertz CT molecular complexity index is 1010. The number of amides is 3. The fourth-order valence-electron chi connectivity index (χ4n) is 2.79. The number of benzene rings is 1. The largest absolute Gasteiger partial charge is 0.336 e. The van der Waals surface area contributed by atoms with E-state index in [1.807, 2.05) is 28.8 Å². The summed E-state index contributed by atoms with van der Waals surface area (Å²) in [6, 6.07) is 10.6. The van der Waals surface area contributed by atoms with E-state index in [0.717, 1.165) is 11.3 Å². The van der Waals surface area contributed by atoms with Crippen molar-refractivity contribution in [3.63, 3.8) is 0 Å². The second-order valence-electron chi connectivity index (χ2n) is 5.92. The van der Waals surface area contributed by atoms with Gasteiger partial charge in [-0.05, 0) is 36.4 Å². The lowest BCUT2D eigenvalue weighted by Gasteiger charge is -2.13. The Morgan fingerprint density at radius 2 is 1.89 bits per heavy atom. The molecule has 1 saturated heterocycles. The van der Waals surface area contributed by atoms with Gasteiger partial charge in [0.1, 0.15) is 0 Å². The second kappa shape index (κ2) is 7.99. The molecule has 1 N–H and O–H groups in total. The van der Waals surface area contributed by atoms with Crippen LogP contribution in [0.5, 0.6) is 0 Å². The van der Waals surface area contributed by atoms with Crippen LogP contribution in [0.1, 0.15) is 0 Å². The molecule has 1 aliphatic rings. The molecule has 0 aliphatic carbocycles. The van der Waals surface area contributed by atoms with Crippen molar-refractivity contribution < 1.29 is 9.59 Å². The van der Waals surface area contributed by atoms with Crippen molar-refractivity contribution in [2.24, 2.45) is 0 Å². The van der Waals surface area contributed by atoms with Crippen molar-refractivity contribution in [1.82, 2.24) is 30.0 Å². The first-order valence-corrected chi connectivity index (χ1v) is 9.82. The highest BCUT2D eigenvalue weighted by atomic mass is 35.5. The summed E-state index contributed by atoms with van der Waals surface area (Å²) in [6.07, 6.45) is 3.36. The summed E-state index contributed by atoms with van der Waals surface area (Å²) in [4.78, 5) is 29.3. The molecule has 3 aromatic rings. The van der Waals surface area contributed by atoms with Gasteiger partial charge in [0, 0.05) is 41.8 Å². The molecule has 28 heavy (non-hydrogen) atoms. The number of urea groups is 1. The Labute approximate surface area is 169 Å². The first-order chi connectivity index (χ1) is 13.6. The van der Waals surface area contributed by atoms with E-state index < -0.39 is 0 Å². The highest BCUT2D eigenvalue weighted by Crippen LogP contribution is 2.28. The van der Waals surface area contributed by atoms with Gasteiger partial charge in [0.15, 0.2) is 11.0 Å². The molecule has 3 heterocycles. The van der Waals surface area contributed by atoms with Crippen LogP contribution < -0.4 is 5.32 Å². The monoisotopic (exact) mass is 414 g/mol. The van der Waals surface area contributed by atoms with E-state index >= 15 is 0 Å². The second-order valence-corrected chi connectivity index (χ2v) is 7.30. The normalized spacial score (nSPS) is 13.6. The number of aromatic nitrogens is 4. The van der Waals surface area contributed by atoms with Gasteiger partial charge in [0.05, 0.1) is 5.75 Å². The molecule has 0 spiro atoms. The Morgan fingerprint density at radius 1 is 1.14 bits per heavy atom. The van der Waals surface area contributed by atoms with Crippen LogP contribution in [0.4, 0.5) is 4.79 Å². The maximum absolute atomic E-state index is 12.4. The first-order valence-electron chi connectivity index (χ1n) is 8.46. The number of nitrogens with zero attached hydrogens (tertiary/aromatic N) is 5. The van der Waals surface area contributed by atoms with E-state index in [0.29, 0.717) is 29.1 Å². The molecular formula is C18H15ClN6O2S. The van der Waals surface area contributed by atoms with E-state index in [2.05, 4.69) is 20.5 Å². The minimum absolute atomic E-state index is 0.0789. The van der Waals surface area contributed by atoms with E-state index in [-0.39, 0.29) is 17.7 Å². The summed E-state index contributed by atoms with van der Waals surface area (Å²) < 4.78 is 1.85. The summed E-state index contributed by atoms with van der Waals surface area (Å²) in [6.45, 7) is 0.854. The topological polar surface area (TPSA) is 93.0 Å². The molecule has 4 rings (SSSR count). The molecule has 8 nitrogen and oxygen atoms in total. The standard InChI is InChI=1S/C18H15ClN6O2S/c19-13-1-3-14(4-2-13)25-16(12-5-7-20-8-6-12)22-23-18(25)28-11-15(26)24-10-9-21-17(24)27/h1-8H,9-11H2,(H,21,27). The highest BCUT2D eigenvalue weighted by molar-refractivity contribution is 7.99. The van der Waals surface area contributed by atoms with Gasteiger partial charge in [-0.2, -0.15) is 0 Å². The molecule has 1 aromatic carbocycles. The minimum Gasteiger partial charge on any atom is -0.336 e. The number of hydrogen-bond donors (Lipinski definition) is 1. The van der Waals surface area contributed by atoms with Crippen molar-refractivity contribution in [1.29, 1.82) is 0 Å². The first kappa shape index (κ1) is 18.5. The molecular weight excluding hydrogens is 400 g/mol. The molecule has 2 aromatic heterocycles. The third-order valence-corrected chi connectivity index (χ3v) is 5.30. The molecule has 3 amide bonds. The smallest absolute Gasteiger partial charge is 0.324 e. The van der Waals surface area contributed by atoms with Gasteiger partial charge in [-0.1, -0.05) is 23.4 Å². The number of carbonyl (C=O) groups excluding carboxylic acids is 2. The number of carbonyl (C=O) groups is 2. The van der Waals surface area contributed by atoms with Gasteiger partial charge < -0.3 is 5.32 Å². The van der Waals surface area contributed by atoms with Crippen LogP contribution in [0.25, 0.3) is 17.1 Å². The van der Waals surface area contributed by atoms with Gasteiger partial charge in [-0.3, -0.25) is 19.2 Å². The third-order valence-electron chi connectivity index (χ3n) is 4.14. The van der Waals surface area contributed by atoms with E-state index in [1.165, 1.54) is 16.7 Å². The van der Waals surface area contributed by atoms with Crippen LogP contribution in [0.2, 0.25) is 5.02 Å². The maximum Gasteiger partial charge on any atom is 0.324 e. The fraction of sp³-hybridized carbons (Fsp3) is 0.167. The SMILES string of the molecule is O=C(CSc1nnc(-c2ccncc2)n1-c1ccc(Cl)cc1)N1CCNC1=O. The molecule has 0 atom stereocenters. The fourth-order valence-corrected chi connectivity index (χ4v) is 3.74. The molecule has 1 aliphatic heterocycles. The number of thioether (sulfide) groups is 1. The number of halogens is 1. The zero-order valence-electron chi connectivity index (χ0n) is 14.6. The number of imide groups is 1. The van der Waals surface area contributed by atoms with Crippen molar-refractivity contribution in [2.75, 3.05) is 18.8 Å². The van der Waals surface area contributed by atoms with Gasteiger partial charge in [0.2, 0.25) is 5.91 Å². The Hall–Kier alpha value is -2.91. The number of nitrogens with one attached hydrogen (secondary N) is 1. The quantitative estimate of drug-likeness (QED) is 0.645. The van der Waals surface area contributed by atoms with Crippen LogP contribution in [0, 0.1) is 0 Å². The zero-order chi connectivity index (χ0) is 19.5. The molecule has 142 valence electrons. The predicted octanol–water partition coefficient (Wildman–Crippen LogP) is 2.63. The lowest BCUT2D eigenvalue weighted by molar-refractivity contribution is -0.124. The van der Waals surface area contributed by atoms with Gasteiger partial charge in [0.25, 0.3) is 0 Å². The number of pyridine rings is 1. The summed E-state index contributed by atoms with van der Waals surface area (Å²) in [5.74, 6) is 0.435. The van der Waals surface area contributed by atoms with E-state index in [9.17, 15) is 9.59 Å². The molecule has 0 bridgehead atoms. The maximum atomic E-state index is 12.4. The average molecular weight is 415 g/mol. The average Bonchev–Trinajstić information content (AvgIpc) is 3.34. The summed E-state index contributed by atoms with van der Waals surface area (Å²) >= 11 is 7.24. The Balaban J connectivity index is 1.65. The van der Waals surface area contributed by atoms with Gasteiger partial charge in [-0.25, -0.2) is 4.79 Å². The summed E-state index contributed by atoms with van der Waals surface area (Å²) in [7, 11) is 0. The molecule has 0 unspecified atom stereocenters. The molecule has 0 radical (unpaired) electrons. The Kier molecular flexibility index (Phi) is 5.27. The van der Waals surface area contributed by atoms with Crippen molar-refractivity contribution in [2.45, 2.75) is 5.16 Å². The van der Waals surface area contributed by atoms with E-state index in [1.54, 1.807) is 24.5 Å². The molecule has 1 fully saturated rings. The van der Waals surface area contributed by atoms with Crippen LogP contribution in [0.3, 0.4) is 0 Å². The Morgan fingerprint density at radius 3 is 2.57 bits per heavy atom. The number of rotatable bonds is 5. The van der Waals surface area contributed by atoms with Crippen molar-refractivity contribution in [3.05, 3.63) is 53.8 Å². The van der Waals surface area contributed by atoms with Crippen LogP contribution in [-0.4, -0.2) is 55.4 Å².